The van der Waals surface area contributed by atoms with Crippen molar-refractivity contribution in [2.75, 3.05) is 18.7 Å². The van der Waals surface area contributed by atoms with Gasteiger partial charge < -0.3 is 15.5 Å². The van der Waals surface area contributed by atoms with Crippen LogP contribution in [0.1, 0.15) is 9.67 Å². The molecule has 1 aliphatic heterocycles. The highest BCUT2D eigenvalue weighted by Crippen LogP contribution is 2.33. The molecule has 1 aromatic carbocycles. The predicted molar refractivity (Wildman–Crippen MR) is 140 cm³/mol. The Labute approximate surface area is 215 Å². The number of benzene rings is 1. The van der Waals surface area contributed by atoms with E-state index in [1.807, 2.05) is 36.5 Å². The lowest BCUT2D eigenvalue weighted by Gasteiger charge is -2.20. The molecule has 4 aromatic rings. The Hall–Kier alpha value is -4.12. The molecule has 0 aliphatic carbocycles. The maximum atomic E-state index is 12.4. The molecule has 0 fully saturated rings. The number of hydrogen-bond donors (Lipinski definition) is 3. The van der Waals surface area contributed by atoms with Crippen LogP contribution in [0.2, 0.25) is 4.34 Å². The molecule has 3 aromatic heterocycles. The van der Waals surface area contributed by atoms with Crippen LogP contribution in [0.3, 0.4) is 0 Å². The summed E-state index contributed by atoms with van der Waals surface area (Å²) in [6, 6.07) is 17.8. The highest BCUT2D eigenvalue weighted by Gasteiger charge is 2.19. The zero-order chi connectivity index (χ0) is 25.1. The number of hydrazine groups is 2. The van der Waals surface area contributed by atoms with Crippen LogP contribution in [0.25, 0.3) is 16.8 Å². The first-order valence-electron chi connectivity index (χ1n) is 10.9. The summed E-state index contributed by atoms with van der Waals surface area (Å²) in [4.78, 5) is 29.7. The first-order chi connectivity index (χ1) is 17.5. The minimum atomic E-state index is -0.198. The van der Waals surface area contributed by atoms with E-state index in [1.54, 1.807) is 53.3 Å². The number of thiophene rings is 1. The number of anilines is 1. The van der Waals surface area contributed by atoms with Gasteiger partial charge >= 0.3 is 0 Å². The van der Waals surface area contributed by atoms with Crippen molar-refractivity contribution in [3.63, 3.8) is 0 Å². The normalized spacial score (nSPS) is 12.7. The van der Waals surface area contributed by atoms with Gasteiger partial charge in [-0.25, -0.2) is 4.98 Å². The highest BCUT2D eigenvalue weighted by atomic mass is 35.5. The number of hydrogen-bond acceptors (Lipinski definition) is 8. The van der Waals surface area contributed by atoms with E-state index < -0.39 is 0 Å². The van der Waals surface area contributed by atoms with E-state index in [2.05, 4.69) is 21.3 Å². The van der Waals surface area contributed by atoms with Gasteiger partial charge in [0.25, 0.3) is 11.5 Å². The average Bonchev–Trinajstić information content (AvgIpc) is 3.56. The Bertz CT molecular complexity index is 1500. The number of rotatable bonds is 7. The maximum Gasteiger partial charge on any atom is 0.261 e. The van der Waals surface area contributed by atoms with Crippen molar-refractivity contribution in [3.05, 3.63) is 105 Å². The largest absolute Gasteiger partial charge is 0.481 e. The first-order valence-corrected chi connectivity index (χ1v) is 12.1. The molecule has 4 heterocycles. The van der Waals surface area contributed by atoms with Gasteiger partial charge in [-0.1, -0.05) is 17.7 Å². The number of halogens is 1. The molecule has 0 unspecified atom stereocenters. The van der Waals surface area contributed by atoms with Crippen molar-refractivity contribution >= 4 is 34.5 Å². The third-order valence-electron chi connectivity index (χ3n) is 5.46. The van der Waals surface area contributed by atoms with E-state index in [0.717, 1.165) is 22.5 Å². The fourth-order valence-electron chi connectivity index (χ4n) is 3.69. The molecule has 0 spiro atoms. The van der Waals surface area contributed by atoms with Crippen molar-refractivity contribution in [2.45, 2.75) is 0 Å². The van der Waals surface area contributed by atoms with Crippen molar-refractivity contribution in [2.24, 2.45) is 0 Å². The van der Waals surface area contributed by atoms with Crippen molar-refractivity contribution in [3.8, 4) is 22.7 Å². The van der Waals surface area contributed by atoms with Crippen LogP contribution in [0, 0.1) is 0 Å². The smallest absolute Gasteiger partial charge is 0.261 e. The van der Waals surface area contributed by atoms with Crippen molar-refractivity contribution in [1.29, 1.82) is 0 Å². The molecule has 11 heteroatoms. The second-order valence-corrected chi connectivity index (χ2v) is 9.46. The average molecular weight is 521 g/mol. The van der Waals surface area contributed by atoms with E-state index in [4.69, 9.17) is 16.3 Å². The van der Waals surface area contributed by atoms with Crippen molar-refractivity contribution in [1.82, 2.24) is 25.8 Å². The number of amides is 1. The molecule has 0 saturated heterocycles. The summed E-state index contributed by atoms with van der Waals surface area (Å²) >= 11 is 7.15. The van der Waals surface area contributed by atoms with Gasteiger partial charge in [0.15, 0.2) is 0 Å². The zero-order valence-corrected chi connectivity index (χ0v) is 20.6. The molecule has 9 nitrogen and oxygen atoms in total. The lowest BCUT2D eigenvalue weighted by Crippen LogP contribution is -2.38. The van der Waals surface area contributed by atoms with Crippen LogP contribution in [0.4, 0.5) is 5.69 Å². The van der Waals surface area contributed by atoms with E-state index in [1.165, 1.54) is 17.4 Å². The third kappa shape index (κ3) is 4.96. The number of pyridine rings is 2. The second-order valence-electron chi connectivity index (χ2n) is 7.75. The van der Waals surface area contributed by atoms with Gasteiger partial charge in [0.1, 0.15) is 0 Å². The van der Waals surface area contributed by atoms with E-state index >= 15 is 0 Å². The van der Waals surface area contributed by atoms with Crippen LogP contribution in [0.5, 0.6) is 5.88 Å². The van der Waals surface area contributed by atoms with Crippen LogP contribution in [-0.4, -0.2) is 29.1 Å². The van der Waals surface area contributed by atoms with Crippen LogP contribution < -0.4 is 31.6 Å². The quantitative estimate of drug-likeness (QED) is 0.341. The van der Waals surface area contributed by atoms with Crippen LogP contribution in [0.15, 0.2) is 89.7 Å². The Morgan fingerprint density at radius 2 is 2.06 bits per heavy atom. The monoisotopic (exact) mass is 520 g/mol. The summed E-state index contributed by atoms with van der Waals surface area (Å²) in [6.07, 6.45) is 5.30. The number of carbonyl (C=O) groups excluding carboxylic acids is 1. The standard InChI is InChI=1S/C25H21ClN6O3S/c1-35-23-10-5-16(13-27-23)19-12-18(31-11-3-2-4-24(31)33)6-7-20(19)32-15-17(29-30-32)14-28-25(34)21-8-9-22(26)36-21/h2-13,15,29-30H,14H2,1H3,(H,28,34). The molecule has 1 aliphatic rings. The number of methoxy groups -OCH3 is 1. The van der Waals surface area contributed by atoms with E-state index in [0.29, 0.717) is 20.8 Å². The number of carbonyl (C=O) groups is 1. The Morgan fingerprint density at radius 1 is 1.17 bits per heavy atom. The summed E-state index contributed by atoms with van der Waals surface area (Å²) < 4.78 is 7.34. The fraction of sp³-hybridized carbons (Fsp3) is 0.0800. The Morgan fingerprint density at radius 3 is 2.78 bits per heavy atom. The fourth-order valence-corrected chi connectivity index (χ4v) is 4.65. The van der Waals surface area contributed by atoms with Crippen LogP contribution >= 0.6 is 22.9 Å². The van der Waals surface area contributed by atoms with Gasteiger partial charge in [-0.15, -0.1) is 16.9 Å². The van der Waals surface area contributed by atoms with Gasteiger partial charge in [-0.05, 0) is 42.5 Å². The lowest BCUT2D eigenvalue weighted by atomic mass is 10.0. The lowest BCUT2D eigenvalue weighted by molar-refractivity contribution is 0.0960. The number of ether oxygens (including phenoxy) is 1. The minimum Gasteiger partial charge on any atom is -0.481 e. The van der Waals surface area contributed by atoms with Crippen molar-refractivity contribution < 1.29 is 9.53 Å². The van der Waals surface area contributed by atoms with Gasteiger partial charge in [0.2, 0.25) is 5.88 Å². The second kappa shape index (κ2) is 10.2. The summed E-state index contributed by atoms with van der Waals surface area (Å²) in [5.74, 6) is 0.303. The topological polar surface area (TPSA) is 101 Å². The van der Waals surface area contributed by atoms with Gasteiger partial charge in [0.05, 0.1) is 34.3 Å². The SMILES string of the molecule is COc1ccc(-c2cc(-n3ccccc3=O)ccc2N2C=C(CNC(=O)c3ccc(Cl)s3)NN2)cn1. The Balaban J connectivity index is 1.44. The number of aromatic nitrogens is 2. The van der Waals surface area contributed by atoms with Gasteiger partial charge in [0, 0.05) is 47.5 Å². The minimum absolute atomic E-state index is 0.130. The molecule has 1 amide bonds. The molecular weight excluding hydrogens is 500 g/mol. The molecule has 0 saturated carbocycles. The number of nitrogens with zero attached hydrogens (tertiary/aromatic N) is 3. The molecule has 0 radical (unpaired) electrons. The van der Waals surface area contributed by atoms with Gasteiger partial charge in [-0.2, -0.15) is 0 Å². The zero-order valence-electron chi connectivity index (χ0n) is 19.1. The first kappa shape index (κ1) is 23.6. The van der Waals surface area contributed by atoms with Crippen LogP contribution in [-0.2, 0) is 0 Å². The maximum absolute atomic E-state index is 12.4. The third-order valence-corrected chi connectivity index (χ3v) is 6.68. The van der Waals surface area contributed by atoms with E-state index in [9.17, 15) is 9.59 Å². The molecule has 0 atom stereocenters. The Kier molecular flexibility index (Phi) is 6.72. The molecule has 182 valence electrons. The molecule has 36 heavy (non-hydrogen) atoms. The molecule has 5 rings (SSSR count). The molecular formula is C25H21ClN6O3S. The molecule has 3 N–H and O–H groups in total. The van der Waals surface area contributed by atoms with Gasteiger partial charge in [-0.3, -0.25) is 19.2 Å². The summed E-state index contributed by atoms with van der Waals surface area (Å²) in [7, 11) is 1.56. The van der Waals surface area contributed by atoms with E-state index in [-0.39, 0.29) is 18.0 Å². The number of nitrogens with one attached hydrogen (secondary N) is 3. The summed E-state index contributed by atoms with van der Waals surface area (Å²) in [6.45, 7) is 0.286. The summed E-state index contributed by atoms with van der Waals surface area (Å²) in [5.41, 5.74) is 10.0. The molecule has 0 bridgehead atoms. The highest BCUT2D eigenvalue weighted by molar-refractivity contribution is 7.18. The predicted octanol–water partition coefficient (Wildman–Crippen LogP) is 3.72. The summed E-state index contributed by atoms with van der Waals surface area (Å²) in [5, 5.41) is 4.68.